The quantitative estimate of drug-likeness (QED) is 0.463. The van der Waals surface area contributed by atoms with E-state index in [0.717, 1.165) is 5.56 Å². The zero-order valence-electron chi connectivity index (χ0n) is 17.9. The van der Waals surface area contributed by atoms with Gasteiger partial charge in [0.2, 0.25) is 5.82 Å². The maximum absolute atomic E-state index is 14.2. The van der Waals surface area contributed by atoms with Gasteiger partial charge in [-0.05, 0) is 48.2 Å². The molecule has 0 fully saturated rings. The van der Waals surface area contributed by atoms with E-state index in [0.29, 0.717) is 22.6 Å². The Balaban J connectivity index is 1.80. The largest absolute Gasteiger partial charge is 0.481 e. The summed E-state index contributed by atoms with van der Waals surface area (Å²) in [6.45, 7) is 0.0104. The van der Waals surface area contributed by atoms with E-state index in [-0.39, 0.29) is 24.7 Å². The number of nitrogens with one attached hydrogen (secondary N) is 1. The van der Waals surface area contributed by atoms with Crippen LogP contribution in [0.15, 0.2) is 60.9 Å². The number of ether oxygens (including phenoxy) is 1. The fourth-order valence-electron chi connectivity index (χ4n) is 3.47. The van der Waals surface area contributed by atoms with Crippen molar-refractivity contribution in [2.24, 2.45) is 5.92 Å². The molecule has 172 valence electrons. The number of carbonyl (C=O) groups excluding carboxylic acids is 1. The van der Waals surface area contributed by atoms with Gasteiger partial charge in [-0.3, -0.25) is 9.59 Å². The van der Waals surface area contributed by atoms with E-state index in [2.05, 4.69) is 15.3 Å². The molecule has 0 aliphatic rings. The predicted molar refractivity (Wildman–Crippen MR) is 121 cm³/mol. The Hall–Kier alpha value is -3.36. The third-order valence-corrected chi connectivity index (χ3v) is 5.30. The number of hydrogen-bond donors (Lipinski definition) is 2. The molecule has 3 rings (SSSR count). The number of rotatable bonds is 10. The fourth-order valence-corrected chi connectivity index (χ4v) is 3.64. The Labute approximate surface area is 195 Å². The molecule has 0 saturated carbocycles. The standard InChI is InChI=1S/C24H23ClFN3O4/c1-33-14-17(24(31)32)12-19(29-23(30)22-27-9-2-10-28-22)11-15-3-5-16(6-4-15)20-13-18(25)7-8-21(20)26/h2-10,13,17,19H,11-12,14H2,1H3,(H,29,30)(H,31,32)/t17-,19+/m0/s1. The first-order chi connectivity index (χ1) is 15.9. The molecule has 9 heteroatoms. The average Bonchev–Trinajstić information content (AvgIpc) is 2.81. The Bertz CT molecular complexity index is 1100. The zero-order valence-corrected chi connectivity index (χ0v) is 18.6. The lowest BCUT2D eigenvalue weighted by Gasteiger charge is -2.22. The number of aromatic nitrogens is 2. The van der Waals surface area contributed by atoms with E-state index < -0.39 is 23.8 Å². The third-order valence-electron chi connectivity index (χ3n) is 5.07. The fraction of sp³-hybridized carbons (Fsp3) is 0.250. The van der Waals surface area contributed by atoms with Gasteiger partial charge in [-0.1, -0.05) is 35.9 Å². The van der Waals surface area contributed by atoms with Crippen molar-refractivity contribution >= 4 is 23.5 Å². The molecule has 2 aromatic carbocycles. The van der Waals surface area contributed by atoms with Gasteiger partial charge >= 0.3 is 5.97 Å². The lowest BCUT2D eigenvalue weighted by atomic mass is 9.94. The summed E-state index contributed by atoms with van der Waals surface area (Å²) in [6.07, 6.45) is 3.40. The molecule has 7 nitrogen and oxygen atoms in total. The molecule has 2 atom stereocenters. The van der Waals surface area contributed by atoms with Crippen molar-refractivity contribution in [1.29, 1.82) is 0 Å². The monoisotopic (exact) mass is 471 g/mol. The molecule has 0 aliphatic carbocycles. The van der Waals surface area contributed by atoms with E-state index in [1.54, 1.807) is 36.4 Å². The minimum absolute atomic E-state index is 0.00658. The Morgan fingerprint density at radius 3 is 2.48 bits per heavy atom. The molecule has 0 unspecified atom stereocenters. The van der Waals surface area contributed by atoms with Crippen LogP contribution in [-0.4, -0.2) is 46.7 Å². The maximum atomic E-state index is 14.2. The molecule has 33 heavy (non-hydrogen) atoms. The molecule has 0 radical (unpaired) electrons. The summed E-state index contributed by atoms with van der Waals surface area (Å²) in [4.78, 5) is 32.1. The predicted octanol–water partition coefficient (Wildman–Crippen LogP) is 4.01. The Morgan fingerprint density at radius 1 is 1.15 bits per heavy atom. The number of amides is 1. The normalized spacial score (nSPS) is 12.7. The summed E-state index contributed by atoms with van der Waals surface area (Å²) >= 11 is 5.99. The van der Waals surface area contributed by atoms with Gasteiger partial charge in [-0.2, -0.15) is 0 Å². The maximum Gasteiger partial charge on any atom is 0.308 e. The topological polar surface area (TPSA) is 101 Å². The zero-order chi connectivity index (χ0) is 23.8. The van der Waals surface area contributed by atoms with Crippen LogP contribution in [0.5, 0.6) is 0 Å². The van der Waals surface area contributed by atoms with Gasteiger partial charge < -0.3 is 15.2 Å². The van der Waals surface area contributed by atoms with Gasteiger partial charge in [0.25, 0.3) is 5.91 Å². The number of carboxylic acids is 1. The first kappa shape index (κ1) is 24.3. The molecule has 2 N–H and O–H groups in total. The number of methoxy groups -OCH3 is 1. The highest BCUT2D eigenvalue weighted by Crippen LogP contribution is 2.26. The second kappa shape index (κ2) is 11.5. The first-order valence-corrected chi connectivity index (χ1v) is 10.6. The molecule has 1 aromatic heterocycles. The molecular formula is C24H23ClFN3O4. The molecule has 1 heterocycles. The molecular weight excluding hydrogens is 449 g/mol. The number of carbonyl (C=O) groups is 2. The lowest BCUT2D eigenvalue weighted by molar-refractivity contribution is -0.144. The van der Waals surface area contributed by atoms with Gasteiger partial charge in [0.15, 0.2) is 0 Å². The van der Waals surface area contributed by atoms with Gasteiger partial charge in [0.1, 0.15) is 5.82 Å². The van der Waals surface area contributed by atoms with Gasteiger partial charge in [0, 0.05) is 36.1 Å². The summed E-state index contributed by atoms with van der Waals surface area (Å²) in [5.41, 5.74) is 1.87. The van der Waals surface area contributed by atoms with Crippen molar-refractivity contribution in [3.8, 4) is 11.1 Å². The van der Waals surface area contributed by atoms with E-state index in [9.17, 15) is 19.1 Å². The molecule has 3 aromatic rings. The second-order valence-electron chi connectivity index (χ2n) is 7.49. The van der Waals surface area contributed by atoms with E-state index in [4.69, 9.17) is 16.3 Å². The Kier molecular flexibility index (Phi) is 8.46. The summed E-state index contributed by atoms with van der Waals surface area (Å²) < 4.78 is 19.2. The smallest absolute Gasteiger partial charge is 0.308 e. The van der Waals surface area contributed by atoms with Crippen molar-refractivity contribution in [1.82, 2.24) is 15.3 Å². The van der Waals surface area contributed by atoms with Crippen LogP contribution in [0.25, 0.3) is 11.1 Å². The van der Waals surface area contributed by atoms with Crippen molar-refractivity contribution in [2.75, 3.05) is 13.7 Å². The number of hydrogen-bond acceptors (Lipinski definition) is 5. The molecule has 0 spiro atoms. The number of aliphatic carboxylic acids is 1. The average molecular weight is 472 g/mol. The molecule has 1 amide bonds. The van der Waals surface area contributed by atoms with Crippen molar-refractivity contribution in [3.05, 3.63) is 83.2 Å². The highest BCUT2D eigenvalue weighted by molar-refractivity contribution is 6.30. The van der Waals surface area contributed by atoms with Crippen molar-refractivity contribution in [3.63, 3.8) is 0 Å². The van der Waals surface area contributed by atoms with Crippen LogP contribution < -0.4 is 5.32 Å². The summed E-state index contributed by atoms with van der Waals surface area (Å²) in [5.74, 6) is -2.72. The highest BCUT2D eigenvalue weighted by Gasteiger charge is 2.25. The second-order valence-corrected chi connectivity index (χ2v) is 7.93. The van der Waals surface area contributed by atoms with Crippen LogP contribution in [-0.2, 0) is 16.0 Å². The molecule has 0 bridgehead atoms. The van der Waals surface area contributed by atoms with Crippen LogP contribution >= 0.6 is 11.6 Å². The molecule has 0 aliphatic heterocycles. The van der Waals surface area contributed by atoms with Gasteiger partial charge in [-0.15, -0.1) is 0 Å². The summed E-state index contributed by atoms with van der Waals surface area (Å²) in [6, 6.07) is 12.5. The van der Waals surface area contributed by atoms with E-state index >= 15 is 0 Å². The van der Waals surface area contributed by atoms with Crippen LogP contribution in [0.4, 0.5) is 4.39 Å². The minimum Gasteiger partial charge on any atom is -0.481 e. The highest BCUT2D eigenvalue weighted by atomic mass is 35.5. The van der Waals surface area contributed by atoms with E-state index in [1.807, 2.05) is 0 Å². The van der Waals surface area contributed by atoms with Gasteiger partial charge in [-0.25, -0.2) is 14.4 Å². The van der Waals surface area contributed by atoms with Crippen molar-refractivity contribution in [2.45, 2.75) is 18.9 Å². The molecule has 0 saturated heterocycles. The van der Waals surface area contributed by atoms with Crippen LogP contribution in [0.2, 0.25) is 5.02 Å². The number of benzene rings is 2. The van der Waals surface area contributed by atoms with Gasteiger partial charge in [0.05, 0.1) is 12.5 Å². The summed E-state index contributed by atoms with van der Waals surface area (Å²) in [7, 11) is 1.43. The number of nitrogens with zero attached hydrogens (tertiary/aromatic N) is 2. The van der Waals surface area contributed by atoms with Crippen molar-refractivity contribution < 1.29 is 23.8 Å². The van der Waals surface area contributed by atoms with Crippen LogP contribution in [0.1, 0.15) is 22.6 Å². The van der Waals surface area contributed by atoms with Crippen LogP contribution in [0.3, 0.4) is 0 Å². The van der Waals surface area contributed by atoms with Crippen LogP contribution in [0, 0.1) is 11.7 Å². The number of halogens is 2. The minimum atomic E-state index is -1.01. The summed E-state index contributed by atoms with van der Waals surface area (Å²) in [5, 5.41) is 12.8. The number of carboxylic acid groups (broad SMARTS) is 1. The van der Waals surface area contributed by atoms with E-state index in [1.165, 1.54) is 31.6 Å². The SMILES string of the molecule is COC[C@H](C[C@@H](Cc1ccc(-c2cc(Cl)ccc2F)cc1)NC(=O)c1ncccn1)C(=O)O. The lowest BCUT2D eigenvalue weighted by Crippen LogP contribution is -2.40. The Morgan fingerprint density at radius 2 is 1.85 bits per heavy atom. The third kappa shape index (κ3) is 6.81. The first-order valence-electron chi connectivity index (χ1n) is 10.2.